The normalized spacial score (nSPS) is 18.2. The van der Waals surface area contributed by atoms with E-state index >= 15 is 0 Å². The summed E-state index contributed by atoms with van der Waals surface area (Å²) in [6.07, 6.45) is 0. The highest BCUT2D eigenvalue weighted by atomic mass is 32.2. The monoisotopic (exact) mass is 148 g/mol. The summed E-state index contributed by atoms with van der Waals surface area (Å²) in [7, 11) is 0. The third kappa shape index (κ3) is 1.20. The first-order chi connectivity index (χ1) is 3.80. The Kier molecular flexibility index (Phi) is 1.85. The molecular formula is C4H4O2S2. The van der Waals surface area contributed by atoms with Crippen molar-refractivity contribution in [1.82, 2.24) is 0 Å². The molecule has 0 amide bonds. The van der Waals surface area contributed by atoms with Crippen LogP contribution in [0.2, 0.25) is 0 Å². The lowest BCUT2D eigenvalue weighted by atomic mass is 10.7. The highest BCUT2D eigenvalue weighted by molar-refractivity contribution is 8.22. The molecule has 0 saturated carbocycles. The fraction of sp³-hybridized carbons (Fsp3) is 0.250. The second kappa shape index (κ2) is 2.46. The minimum absolute atomic E-state index is 0.468. The van der Waals surface area contributed by atoms with Crippen LogP contribution in [0.25, 0.3) is 0 Å². The van der Waals surface area contributed by atoms with Crippen LogP contribution in [0.5, 0.6) is 0 Å². The van der Waals surface area contributed by atoms with Gasteiger partial charge in [0.25, 0.3) is 0 Å². The molecule has 1 aliphatic heterocycles. The molecule has 0 spiro atoms. The molecule has 8 heavy (non-hydrogen) atoms. The number of rotatable bonds is 1. The molecule has 0 aromatic carbocycles. The maximum atomic E-state index is 10.1. The smallest absolute Gasteiger partial charge is 0.342 e. The molecule has 0 fully saturated rings. The van der Waals surface area contributed by atoms with Crippen molar-refractivity contribution >= 4 is 29.5 Å². The fourth-order valence-corrected chi connectivity index (χ4v) is 2.26. The number of hydrogen-bond donors (Lipinski definition) is 1. The fourth-order valence-electron chi connectivity index (χ4n) is 0.353. The molecule has 0 bridgehead atoms. The van der Waals surface area contributed by atoms with Gasteiger partial charge in [-0.15, -0.1) is 23.5 Å². The van der Waals surface area contributed by atoms with E-state index in [9.17, 15) is 4.79 Å². The van der Waals surface area contributed by atoms with Gasteiger partial charge in [-0.25, -0.2) is 4.79 Å². The van der Waals surface area contributed by atoms with E-state index in [1.54, 1.807) is 5.41 Å². The van der Waals surface area contributed by atoms with E-state index in [1.165, 1.54) is 23.5 Å². The maximum absolute atomic E-state index is 10.1. The summed E-state index contributed by atoms with van der Waals surface area (Å²) in [6, 6.07) is 0. The Morgan fingerprint density at radius 2 is 2.62 bits per heavy atom. The Balaban J connectivity index is 2.57. The topological polar surface area (TPSA) is 37.3 Å². The molecule has 0 aliphatic carbocycles. The molecule has 0 unspecified atom stereocenters. The SMILES string of the molecule is O=C(O)C1=CSCS1. The van der Waals surface area contributed by atoms with Crippen molar-refractivity contribution in [3.63, 3.8) is 0 Å². The molecule has 1 aliphatic rings. The Labute approximate surface area is 55.3 Å². The Morgan fingerprint density at radius 3 is 2.88 bits per heavy atom. The van der Waals surface area contributed by atoms with E-state index in [4.69, 9.17) is 5.11 Å². The summed E-state index contributed by atoms with van der Waals surface area (Å²) in [5.41, 5.74) is 0. The second-order valence-electron chi connectivity index (χ2n) is 1.22. The van der Waals surface area contributed by atoms with Crippen LogP contribution in [0, 0.1) is 0 Å². The van der Waals surface area contributed by atoms with Gasteiger partial charge < -0.3 is 5.11 Å². The largest absolute Gasteiger partial charge is 0.477 e. The highest BCUT2D eigenvalue weighted by Crippen LogP contribution is 2.31. The molecule has 0 radical (unpaired) electrons. The number of carboxylic acids is 1. The predicted octanol–water partition coefficient (Wildman–Crippen LogP) is 1.35. The molecule has 1 heterocycles. The maximum Gasteiger partial charge on any atom is 0.342 e. The standard InChI is InChI=1S/C4H4O2S2/c5-4(6)3-1-7-2-8-3/h1H,2H2,(H,5,6). The van der Waals surface area contributed by atoms with Gasteiger partial charge in [0.2, 0.25) is 0 Å². The second-order valence-corrected chi connectivity index (χ2v) is 3.46. The minimum atomic E-state index is -0.806. The number of aliphatic carboxylic acids is 1. The first kappa shape index (κ1) is 6.04. The molecule has 2 nitrogen and oxygen atoms in total. The Bertz CT molecular complexity index is 141. The predicted molar refractivity (Wildman–Crippen MR) is 35.8 cm³/mol. The summed E-state index contributed by atoms with van der Waals surface area (Å²) >= 11 is 2.91. The van der Waals surface area contributed by atoms with Crippen LogP contribution in [-0.2, 0) is 4.79 Å². The molecule has 1 N–H and O–H groups in total. The van der Waals surface area contributed by atoms with Crippen LogP contribution in [0.4, 0.5) is 0 Å². The van der Waals surface area contributed by atoms with Crippen LogP contribution in [0.15, 0.2) is 10.3 Å². The molecule has 0 aromatic heterocycles. The lowest BCUT2D eigenvalue weighted by Crippen LogP contribution is -1.92. The number of carboxylic acid groups (broad SMARTS) is 1. The van der Waals surface area contributed by atoms with Crippen molar-refractivity contribution in [3.8, 4) is 0 Å². The third-order valence-electron chi connectivity index (χ3n) is 0.684. The van der Waals surface area contributed by atoms with Crippen molar-refractivity contribution in [2.24, 2.45) is 0 Å². The molecule has 1 rings (SSSR count). The summed E-state index contributed by atoms with van der Waals surface area (Å²) in [6.45, 7) is 0. The van der Waals surface area contributed by atoms with Crippen molar-refractivity contribution in [1.29, 1.82) is 0 Å². The van der Waals surface area contributed by atoms with Crippen molar-refractivity contribution < 1.29 is 9.90 Å². The van der Waals surface area contributed by atoms with Gasteiger partial charge >= 0.3 is 5.97 Å². The van der Waals surface area contributed by atoms with Crippen LogP contribution in [0.3, 0.4) is 0 Å². The number of carbonyl (C=O) groups is 1. The van der Waals surface area contributed by atoms with Gasteiger partial charge in [0.1, 0.15) is 0 Å². The van der Waals surface area contributed by atoms with Crippen molar-refractivity contribution in [2.45, 2.75) is 0 Å². The Morgan fingerprint density at radius 1 is 1.88 bits per heavy atom. The first-order valence-electron chi connectivity index (χ1n) is 1.98. The zero-order valence-corrected chi connectivity index (χ0v) is 5.59. The van der Waals surface area contributed by atoms with Gasteiger partial charge in [0.05, 0.1) is 4.91 Å². The van der Waals surface area contributed by atoms with Gasteiger partial charge in [-0.2, -0.15) is 0 Å². The van der Waals surface area contributed by atoms with Crippen molar-refractivity contribution in [3.05, 3.63) is 10.3 Å². The molecule has 44 valence electrons. The minimum Gasteiger partial charge on any atom is -0.477 e. The van der Waals surface area contributed by atoms with E-state index in [1.807, 2.05) is 0 Å². The van der Waals surface area contributed by atoms with E-state index in [-0.39, 0.29) is 0 Å². The number of thioether (sulfide) groups is 2. The van der Waals surface area contributed by atoms with E-state index in [2.05, 4.69) is 0 Å². The summed E-state index contributed by atoms with van der Waals surface area (Å²) < 4.78 is 0. The summed E-state index contributed by atoms with van der Waals surface area (Å²) in [5.74, 6) is -0.806. The molecular weight excluding hydrogens is 144 g/mol. The summed E-state index contributed by atoms with van der Waals surface area (Å²) in [5, 5.41) is 10.8. The van der Waals surface area contributed by atoms with E-state index in [0.717, 1.165) is 5.08 Å². The third-order valence-corrected chi connectivity index (χ3v) is 2.85. The van der Waals surface area contributed by atoms with Crippen LogP contribution < -0.4 is 0 Å². The van der Waals surface area contributed by atoms with Crippen LogP contribution in [0.1, 0.15) is 0 Å². The van der Waals surface area contributed by atoms with E-state index in [0.29, 0.717) is 4.91 Å². The lowest BCUT2D eigenvalue weighted by molar-refractivity contribution is -0.131. The average molecular weight is 148 g/mol. The molecule has 4 heteroatoms. The van der Waals surface area contributed by atoms with Crippen LogP contribution in [-0.4, -0.2) is 16.2 Å². The van der Waals surface area contributed by atoms with Crippen molar-refractivity contribution in [2.75, 3.05) is 5.08 Å². The number of hydrogen-bond acceptors (Lipinski definition) is 3. The van der Waals surface area contributed by atoms with Gasteiger partial charge in [-0.1, -0.05) is 0 Å². The Hall–Kier alpha value is -0.0900. The molecule has 0 aromatic rings. The highest BCUT2D eigenvalue weighted by Gasteiger charge is 2.11. The zero-order chi connectivity index (χ0) is 5.98. The lowest BCUT2D eigenvalue weighted by Gasteiger charge is -1.85. The zero-order valence-electron chi connectivity index (χ0n) is 3.96. The van der Waals surface area contributed by atoms with Crippen LogP contribution >= 0.6 is 23.5 Å². The van der Waals surface area contributed by atoms with Gasteiger partial charge in [-0.3, -0.25) is 0 Å². The van der Waals surface area contributed by atoms with Gasteiger partial charge in [0.15, 0.2) is 0 Å². The molecule has 0 saturated heterocycles. The van der Waals surface area contributed by atoms with E-state index < -0.39 is 5.97 Å². The quantitative estimate of drug-likeness (QED) is 0.609. The first-order valence-corrected chi connectivity index (χ1v) is 4.02. The average Bonchev–Trinajstić information content (AvgIpc) is 2.12. The molecule has 0 atom stereocenters. The summed E-state index contributed by atoms with van der Waals surface area (Å²) in [4.78, 5) is 10.6. The van der Waals surface area contributed by atoms with Gasteiger partial charge in [-0.05, 0) is 5.41 Å². The van der Waals surface area contributed by atoms with Gasteiger partial charge in [0, 0.05) is 5.08 Å².